The molecule has 0 aromatic heterocycles. The summed E-state index contributed by atoms with van der Waals surface area (Å²) in [6.07, 6.45) is 0.282. The lowest BCUT2D eigenvalue weighted by atomic mass is 9.51. The molecule has 274 valence electrons. The second-order valence-electron chi connectivity index (χ2n) is 14.8. The topological polar surface area (TPSA) is 77.8 Å². The normalized spacial score (nSPS) is 28.4. The second kappa shape index (κ2) is 14.6. The Balaban J connectivity index is 1.20. The number of phenolic OH excluding ortho intramolecular Hbond substituents is 1. The van der Waals surface area contributed by atoms with E-state index in [1.807, 2.05) is 6.07 Å². The molecule has 3 aliphatic rings. The number of unbranched alkanes of at least 4 members (excludes halogenated alkanes) is 6. The van der Waals surface area contributed by atoms with Crippen molar-refractivity contribution in [2.45, 2.75) is 146 Å². The molecule has 0 saturated heterocycles. The van der Waals surface area contributed by atoms with Crippen LogP contribution >= 0.6 is 0 Å². The van der Waals surface area contributed by atoms with E-state index >= 15 is 0 Å². The van der Waals surface area contributed by atoms with E-state index in [1.165, 1.54) is 11.1 Å². The zero-order valence-corrected chi connectivity index (χ0v) is 27.2. The standard InChI is InChI=1S/C35H47F9O4/c1-31-20-23(29-25-14-12-24(45)19-22(25)11-13-26(29)27(31)15-16-28(31)46)10-8-6-4-2-3-5-7-9-21(30(47)48)17-18-32(36,37)33(38,39)34(40,41)35(42,43)44/h12,14,19,21,23,26-29,45-46H,2-11,13,15-18,20H2,1H3,(H,47,48)/t21-,23?,26?,27?,28?,29?,31+/m1/s1. The van der Waals surface area contributed by atoms with Crippen molar-refractivity contribution in [3.05, 3.63) is 29.3 Å². The molecule has 4 nitrogen and oxygen atoms in total. The number of aliphatic hydroxyl groups excluding tert-OH is 1. The van der Waals surface area contributed by atoms with Crippen molar-refractivity contribution < 1.29 is 59.6 Å². The molecule has 0 radical (unpaired) electrons. The molecule has 3 aliphatic carbocycles. The van der Waals surface area contributed by atoms with Gasteiger partial charge in [-0.2, -0.15) is 39.5 Å². The highest BCUT2D eigenvalue weighted by Gasteiger charge is 2.81. The van der Waals surface area contributed by atoms with Crippen LogP contribution in [0.3, 0.4) is 0 Å². The summed E-state index contributed by atoms with van der Waals surface area (Å²) in [6.45, 7) is 2.24. The number of halogens is 9. The molecular weight excluding hydrogens is 655 g/mol. The molecular formula is C35H47F9O4. The van der Waals surface area contributed by atoms with Gasteiger partial charge in [-0.3, -0.25) is 4.79 Å². The summed E-state index contributed by atoms with van der Waals surface area (Å²) < 4.78 is 118. The van der Waals surface area contributed by atoms with Gasteiger partial charge in [0.2, 0.25) is 0 Å². The summed E-state index contributed by atoms with van der Waals surface area (Å²) in [7, 11) is 0. The maximum atomic E-state index is 13.9. The van der Waals surface area contributed by atoms with Crippen LogP contribution in [0, 0.1) is 29.1 Å². The van der Waals surface area contributed by atoms with Crippen LogP contribution in [-0.4, -0.2) is 51.3 Å². The number of rotatable bonds is 16. The van der Waals surface area contributed by atoms with Gasteiger partial charge >= 0.3 is 29.9 Å². The van der Waals surface area contributed by atoms with Crippen LogP contribution in [0.5, 0.6) is 5.75 Å². The average molecular weight is 703 g/mol. The Morgan fingerprint density at radius 2 is 1.50 bits per heavy atom. The lowest BCUT2D eigenvalue weighted by Crippen LogP contribution is -2.60. The molecule has 0 aliphatic heterocycles. The van der Waals surface area contributed by atoms with Crippen molar-refractivity contribution in [2.24, 2.45) is 29.1 Å². The van der Waals surface area contributed by atoms with Crippen LogP contribution in [0.1, 0.15) is 120 Å². The molecule has 2 saturated carbocycles. The lowest BCUT2D eigenvalue weighted by Gasteiger charge is -2.54. The van der Waals surface area contributed by atoms with Crippen LogP contribution < -0.4 is 0 Å². The van der Waals surface area contributed by atoms with E-state index in [0.717, 1.165) is 64.2 Å². The number of carbonyl (C=O) groups is 1. The van der Waals surface area contributed by atoms with Gasteiger partial charge in [0.05, 0.1) is 12.0 Å². The zero-order chi connectivity index (χ0) is 35.7. The smallest absolute Gasteiger partial charge is 0.460 e. The van der Waals surface area contributed by atoms with Crippen LogP contribution in [-0.2, 0) is 11.2 Å². The first-order valence-electron chi connectivity index (χ1n) is 17.2. The van der Waals surface area contributed by atoms with Gasteiger partial charge in [-0.15, -0.1) is 0 Å². The quantitative estimate of drug-likeness (QED) is 0.118. The third kappa shape index (κ3) is 7.60. The predicted octanol–water partition coefficient (Wildman–Crippen LogP) is 10.3. The number of aliphatic carboxylic acids is 1. The summed E-state index contributed by atoms with van der Waals surface area (Å²) in [5.41, 5.74) is 2.44. The van der Waals surface area contributed by atoms with Crippen molar-refractivity contribution >= 4 is 5.97 Å². The Bertz CT molecular complexity index is 1250. The first kappa shape index (κ1) is 38.6. The Morgan fingerprint density at radius 1 is 0.875 bits per heavy atom. The SMILES string of the molecule is C[C@]12CC(CCCCCCCCC[C@H](CCC(F)(F)C(F)(F)C(F)(F)C(F)(F)F)C(=O)O)C3c4ccc(O)cc4CCC3C1CCC2O. The highest BCUT2D eigenvalue weighted by molar-refractivity contribution is 5.69. The molecule has 1 aromatic carbocycles. The monoisotopic (exact) mass is 702 g/mol. The molecule has 0 heterocycles. The molecule has 4 rings (SSSR count). The van der Waals surface area contributed by atoms with Gasteiger partial charge in [0, 0.05) is 6.42 Å². The van der Waals surface area contributed by atoms with Gasteiger partial charge in [0.1, 0.15) is 5.75 Å². The van der Waals surface area contributed by atoms with Crippen molar-refractivity contribution in [2.75, 3.05) is 0 Å². The van der Waals surface area contributed by atoms with Gasteiger partial charge < -0.3 is 15.3 Å². The van der Waals surface area contributed by atoms with Crippen molar-refractivity contribution in [1.29, 1.82) is 0 Å². The van der Waals surface area contributed by atoms with E-state index in [-0.39, 0.29) is 30.1 Å². The number of fused-ring (bicyclic) bond motifs is 5. The number of aromatic hydroxyl groups is 1. The largest absolute Gasteiger partial charge is 0.508 e. The van der Waals surface area contributed by atoms with E-state index in [1.54, 1.807) is 6.07 Å². The van der Waals surface area contributed by atoms with Crippen molar-refractivity contribution in [1.82, 2.24) is 0 Å². The van der Waals surface area contributed by atoms with Gasteiger partial charge in [-0.25, -0.2) is 0 Å². The fourth-order valence-corrected chi connectivity index (χ4v) is 9.12. The number of aliphatic hydroxyl groups is 1. The number of benzene rings is 1. The second-order valence-corrected chi connectivity index (χ2v) is 14.8. The minimum atomic E-state index is -6.98. The van der Waals surface area contributed by atoms with E-state index in [9.17, 15) is 59.6 Å². The summed E-state index contributed by atoms with van der Waals surface area (Å²) in [4.78, 5) is 11.5. The number of carboxylic acid groups (broad SMARTS) is 1. The lowest BCUT2D eigenvalue weighted by molar-refractivity contribution is -0.396. The number of phenols is 1. The van der Waals surface area contributed by atoms with E-state index < -0.39 is 48.7 Å². The number of alkyl halides is 9. The summed E-state index contributed by atoms with van der Waals surface area (Å²) in [5.74, 6) is -20.6. The van der Waals surface area contributed by atoms with E-state index in [2.05, 4.69) is 13.0 Å². The Morgan fingerprint density at radius 3 is 2.12 bits per heavy atom. The molecule has 0 amide bonds. The molecule has 0 bridgehead atoms. The fraction of sp³-hybridized carbons (Fsp3) is 0.800. The Kier molecular flexibility index (Phi) is 11.7. The third-order valence-corrected chi connectivity index (χ3v) is 11.8. The number of aryl methyl sites for hydroxylation is 1. The molecule has 7 atom stereocenters. The number of hydrogen-bond donors (Lipinski definition) is 3. The van der Waals surface area contributed by atoms with Gasteiger partial charge in [-0.1, -0.05) is 57.9 Å². The van der Waals surface area contributed by atoms with Crippen LogP contribution in [0.2, 0.25) is 0 Å². The minimum Gasteiger partial charge on any atom is -0.508 e. The fourth-order valence-electron chi connectivity index (χ4n) is 9.12. The molecule has 0 spiro atoms. The number of hydrogen-bond acceptors (Lipinski definition) is 3. The average Bonchev–Trinajstić information content (AvgIpc) is 3.29. The summed E-state index contributed by atoms with van der Waals surface area (Å²) in [5, 5.41) is 30.3. The molecule has 48 heavy (non-hydrogen) atoms. The maximum Gasteiger partial charge on any atom is 0.460 e. The van der Waals surface area contributed by atoms with E-state index in [0.29, 0.717) is 36.5 Å². The predicted molar refractivity (Wildman–Crippen MR) is 160 cm³/mol. The van der Waals surface area contributed by atoms with E-state index in [4.69, 9.17) is 0 Å². The summed E-state index contributed by atoms with van der Waals surface area (Å²) >= 11 is 0. The maximum absolute atomic E-state index is 13.9. The van der Waals surface area contributed by atoms with Gasteiger partial charge in [-0.05, 0) is 104 Å². The van der Waals surface area contributed by atoms with Gasteiger partial charge in [0.15, 0.2) is 0 Å². The van der Waals surface area contributed by atoms with Crippen molar-refractivity contribution in [3.63, 3.8) is 0 Å². The highest BCUT2D eigenvalue weighted by Crippen LogP contribution is 2.63. The Labute approximate surface area is 275 Å². The highest BCUT2D eigenvalue weighted by atomic mass is 19.4. The molecule has 2 fully saturated rings. The first-order chi connectivity index (χ1) is 22.2. The zero-order valence-electron chi connectivity index (χ0n) is 27.2. The third-order valence-electron chi connectivity index (χ3n) is 11.8. The van der Waals surface area contributed by atoms with Crippen molar-refractivity contribution in [3.8, 4) is 5.75 Å². The molecule has 3 N–H and O–H groups in total. The molecule has 1 aromatic rings. The Hall–Kier alpha value is -2.18. The summed E-state index contributed by atoms with van der Waals surface area (Å²) in [6, 6.07) is 5.72. The molecule has 5 unspecified atom stereocenters. The molecule has 13 heteroatoms. The van der Waals surface area contributed by atoms with Crippen LogP contribution in [0.4, 0.5) is 39.5 Å². The first-order valence-corrected chi connectivity index (χ1v) is 17.2. The minimum absolute atomic E-state index is 0.0982. The van der Waals surface area contributed by atoms with Crippen LogP contribution in [0.15, 0.2) is 18.2 Å². The number of carboxylic acids is 1. The van der Waals surface area contributed by atoms with Crippen LogP contribution in [0.25, 0.3) is 0 Å². The van der Waals surface area contributed by atoms with Gasteiger partial charge in [0.25, 0.3) is 0 Å².